The lowest BCUT2D eigenvalue weighted by molar-refractivity contribution is -0.114. The number of hydrogen-bond donors (Lipinski definition) is 1. The predicted molar refractivity (Wildman–Crippen MR) is 125 cm³/mol. The number of amidine groups is 2. The van der Waals surface area contributed by atoms with Crippen LogP contribution in [0, 0.1) is 19.3 Å². The summed E-state index contributed by atoms with van der Waals surface area (Å²) in [6, 6.07) is 10.7. The molecule has 0 bridgehead atoms. The second-order valence-corrected chi connectivity index (χ2v) is 8.72. The van der Waals surface area contributed by atoms with E-state index in [1.54, 1.807) is 11.0 Å². The second-order valence-electron chi connectivity index (χ2n) is 7.88. The van der Waals surface area contributed by atoms with Crippen LogP contribution in [0.15, 0.2) is 52.0 Å². The van der Waals surface area contributed by atoms with Gasteiger partial charge in [-0.15, -0.1) is 0 Å². The number of allylic oxidation sites excluding steroid dienone is 1. The Balaban J connectivity index is 1.72. The molecule has 1 atom stereocenters. The number of amides is 1. The van der Waals surface area contributed by atoms with Crippen LogP contribution in [0.25, 0.3) is 11.8 Å². The maximum Gasteiger partial charge on any atom is 0.283 e. The topological polar surface area (TPSA) is 61.5 Å². The Kier molecular flexibility index (Phi) is 5.28. The van der Waals surface area contributed by atoms with Gasteiger partial charge in [-0.3, -0.25) is 15.1 Å². The lowest BCUT2D eigenvalue weighted by Crippen LogP contribution is -2.37. The molecule has 0 spiro atoms. The maximum atomic E-state index is 12.6. The standard InChI is InChI=1S/C24H26N4OS/c1-6-14(2)18-7-9-20(10-8-18)27-15(3)11-19(17(27)5)12-21-22(25)28-16(4)13-30-24(28)26-23(21)29/h7-14,25H,6H2,1-5H3/b21-12-,25-22?/t14-/m0/s1. The number of carbonyl (C=O) groups is 1. The molecule has 2 aliphatic rings. The molecule has 1 aromatic carbocycles. The van der Waals surface area contributed by atoms with Crippen LogP contribution in [0.2, 0.25) is 0 Å². The molecule has 3 heterocycles. The second kappa shape index (κ2) is 7.76. The maximum absolute atomic E-state index is 12.6. The molecule has 2 aromatic rings. The third kappa shape index (κ3) is 3.35. The van der Waals surface area contributed by atoms with Gasteiger partial charge in [0.25, 0.3) is 5.91 Å². The summed E-state index contributed by atoms with van der Waals surface area (Å²) >= 11 is 1.38. The van der Waals surface area contributed by atoms with Crippen LogP contribution in [0.5, 0.6) is 0 Å². The molecular formula is C24H26N4OS. The smallest absolute Gasteiger partial charge is 0.283 e. The first-order valence-electron chi connectivity index (χ1n) is 10.2. The molecular weight excluding hydrogens is 392 g/mol. The first kappa shape index (κ1) is 20.4. The van der Waals surface area contributed by atoms with Crippen molar-refractivity contribution >= 4 is 34.7 Å². The average Bonchev–Trinajstić information content (AvgIpc) is 3.23. The van der Waals surface area contributed by atoms with Gasteiger partial charge in [0.1, 0.15) is 5.84 Å². The van der Waals surface area contributed by atoms with Gasteiger partial charge >= 0.3 is 0 Å². The van der Waals surface area contributed by atoms with Gasteiger partial charge in [-0.05, 0) is 73.9 Å². The van der Waals surface area contributed by atoms with E-state index in [4.69, 9.17) is 5.41 Å². The number of carbonyl (C=O) groups excluding carboxylic acids is 1. The van der Waals surface area contributed by atoms with E-state index in [0.29, 0.717) is 16.7 Å². The Morgan fingerprint density at radius 3 is 2.57 bits per heavy atom. The van der Waals surface area contributed by atoms with E-state index in [0.717, 1.165) is 34.8 Å². The van der Waals surface area contributed by atoms with Gasteiger partial charge in [0.15, 0.2) is 5.17 Å². The number of nitrogens with zero attached hydrogens (tertiary/aromatic N) is 3. The molecule has 1 N–H and O–H groups in total. The number of hydrogen-bond acceptors (Lipinski definition) is 3. The average molecular weight is 419 g/mol. The molecule has 4 rings (SSSR count). The van der Waals surface area contributed by atoms with Crippen molar-refractivity contribution in [2.24, 2.45) is 4.99 Å². The van der Waals surface area contributed by atoms with E-state index in [9.17, 15) is 4.79 Å². The summed E-state index contributed by atoms with van der Waals surface area (Å²) in [6.45, 7) is 10.5. The highest BCUT2D eigenvalue weighted by atomic mass is 32.2. The van der Waals surface area contributed by atoms with E-state index in [2.05, 4.69) is 60.7 Å². The minimum atomic E-state index is -0.357. The van der Waals surface area contributed by atoms with Crippen LogP contribution in [0.1, 0.15) is 55.6 Å². The zero-order chi connectivity index (χ0) is 21.6. The van der Waals surface area contributed by atoms with Gasteiger partial charge in [-0.2, -0.15) is 4.99 Å². The Hall–Kier alpha value is -2.86. The zero-order valence-electron chi connectivity index (χ0n) is 18.0. The highest BCUT2D eigenvalue weighted by Crippen LogP contribution is 2.32. The molecule has 0 radical (unpaired) electrons. The van der Waals surface area contributed by atoms with E-state index in [1.807, 2.05) is 19.3 Å². The molecule has 0 saturated heterocycles. The van der Waals surface area contributed by atoms with Crippen LogP contribution >= 0.6 is 11.8 Å². The lowest BCUT2D eigenvalue weighted by Gasteiger charge is -2.25. The van der Waals surface area contributed by atoms with Crippen molar-refractivity contribution < 1.29 is 4.79 Å². The lowest BCUT2D eigenvalue weighted by atomic mass is 9.98. The van der Waals surface area contributed by atoms with E-state index < -0.39 is 0 Å². The molecule has 2 aliphatic heterocycles. The number of aliphatic imine (C=N–C) groups is 1. The van der Waals surface area contributed by atoms with E-state index in [1.165, 1.54) is 17.3 Å². The summed E-state index contributed by atoms with van der Waals surface area (Å²) in [5, 5.41) is 11.0. The number of aromatic nitrogens is 1. The number of aryl methyl sites for hydroxylation is 1. The quantitative estimate of drug-likeness (QED) is 0.641. The fraction of sp³-hybridized carbons (Fsp3) is 0.292. The summed E-state index contributed by atoms with van der Waals surface area (Å²) < 4.78 is 2.19. The van der Waals surface area contributed by atoms with Gasteiger partial charge in [-0.25, -0.2) is 0 Å². The Morgan fingerprint density at radius 1 is 1.20 bits per heavy atom. The van der Waals surface area contributed by atoms with Gasteiger partial charge in [0, 0.05) is 22.8 Å². The molecule has 0 aliphatic carbocycles. The van der Waals surface area contributed by atoms with Crippen molar-refractivity contribution in [2.75, 3.05) is 0 Å². The number of thioether (sulfide) groups is 1. The minimum Gasteiger partial charge on any atom is -0.318 e. The minimum absolute atomic E-state index is 0.187. The predicted octanol–water partition coefficient (Wildman–Crippen LogP) is 5.77. The normalized spacial score (nSPS) is 18.6. The number of nitrogens with one attached hydrogen (secondary N) is 1. The van der Waals surface area contributed by atoms with Gasteiger partial charge < -0.3 is 4.57 Å². The van der Waals surface area contributed by atoms with Gasteiger partial charge in [-0.1, -0.05) is 37.7 Å². The summed E-state index contributed by atoms with van der Waals surface area (Å²) in [7, 11) is 0. The third-order valence-corrected chi connectivity index (χ3v) is 6.83. The number of benzene rings is 1. The summed E-state index contributed by atoms with van der Waals surface area (Å²) in [6.07, 6.45) is 2.92. The fourth-order valence-electron chi connectivity index (χ4n) is 3.92. The van der Waals surface area contributed by atoms with Crippen molar-refractivity contribution in [1.82, 2.24) is 9.47 Å². The fourth-order valence-corrected chi connectivity index (χ4v) is 4.77. The van der Waals surface area contributed by atoms with Crippen molar-refractivity contribution in [2.45, 2.75) is 47.0 Å². The van der Waals surface area contributed by atoms with Gasteiger partial charge in [0.2, 0.25) is 0 Å². The Morgan fingerprint density at radius 2 is 1.90 bits per heavy atom. The van der Waals surface area contributed by atoms with E-state index in [-0.39, 0.29) is 11.7 Å². The Bertz CT molecular complexity index is 1130. The highest BCUT2D eigenvalue weighted by molar-refractivity contribution is 8.16. The Labute approximate surface area is 181 Å². The van der Waals surface area contributed by atoms with Gasteiger partial charge in [0.05, 0.1) is 5.57 Å². The largest absolute Gasteiger partial charge is 0.318 e. The molecule has 30 heavy (non-hydrogen) atoms. The van der Waals surface area contributed by atoms with Crippen molar-refractivity contribution in [3.8, 4) is 5.69 Å². The van der Waals surface area contributed by atoms with E-state index >= 15 is 0 Å². The summed E-state index contributed by atoms with van der Waals surface area (Å²) in [5.41, 5.74) is 6.72. The summed E-state index contributed by atoms with van der Waals surface area (Å²) in [4.78, 5) is 18.5. The first-order valence-corrected chi connectivity index (χ1v) is 11.1. The van der Waals surface area contributed by atoms with Crippen molar-refractivity contribution in [1.29, 1.82) is 5.41 Å². The molecule has 0 unspecified atom stereocenters. The van der Waals surface area contributed by atoms with Crippen LogP contribution in [-0.4, -0.2) is 26.4 Å². The SMILES string of the molecule is CC[C@H](C)c1ccc(-n2c(C)cc(/C=C3/C(=N)N4C(C)=CSC4=NC3=O)c2C)cc1. The van der Waals surface area contributed by atoms with Crippen LogP contribution in [-0.2, 0) is 4.79 Å². The molecule has 1 amide bonds. The number of rotatable bonds is 4. The van der Waals surface area contributed by atoms with Crippen molar-refractivity contribution in [3.05, 3.63) is 69.5 Å². The van der Waals surface area contributed by atoms with Crippen molar-refractivity contribution in [3.63, 3.8) is 0 Å². The zero-order valence-corrected chi connectivity index (χ0v) is 18.8. The molecule has 154 valence electrons. The third-order valence-electron chi connectivity index (χ3n) is 5.89. The highest BCUT2D eigenvalue weighted by Gasteiger charge is 2.34. The summed E-state index contributed by atoms with van der Waals surface area (Å²) in [5.74, 6) is 0.372. The molecule has 0 saturated carbocycles. The molecule has 1 aromatic heterocycles. The molecule has 6 heteroatoms. The number of fused-ring (bicyclic) bond motifs is 1. The van der Waals surface area contributed by atoms with Crippen LogP contribution < -0.4 is 0 Å². The van der Waals surface area contributed by atoms with Crippen LogP contribution in [0.4, 0.5) is 0 Å². The van der Waals surface area contributed by atoms with Crippen LogP contribution in [0.3, 0.4) is 0 Å². The molecule has 0 fully saturated rings. The molecule has 5 nitrogen and oxygen atoms in total. The first-order chi connectivity index (χ1) is 14.3. The monoisotopic (exact) mass is 418 g/mol.